The summed E-state index contributed by atoms with van der Waals surface area (Å²) in [4.78, 5) is 29.4. The first-order valence-corrected chi connectivity index (χ1v) is 20.5. The van der Waals surface area contributed by atoms with Crippen LogP contribution >= 0.6 is 0 Å². The van der Waals surface area contributed by atoms with Crippen LogP contribution in [0.15, 0.2) is 60.7 Å². The van der Waals surface area contributed by atoms with E-state index in [9.17, 15) is 32.3 Å². The summed E-state index contributed by atoms with van der Waals surface area (Å²) in [6.07, 6.45) is -4.13. The van der Waals surface area contributed by atoms with E-state index in [1.807, 2.05) is 55.9 Å². The first-order chi connectivity index (χ1) is 29.1. The molecule has 6 rings (SSSR count). The van der Waals surface area contributed by atoms with Crippen LogP contribution in [-0.4, -0.2) is 117 Å². The minimum Gasteiger partial charge on any atom is -0.493 e. The Morgan fingerprint density at radius 1 is 1.05 bits per heavy atom. The summed E-state index contributed by atoms with van der Waals surface area (Å²) >= 11 is 0. The minimum atomic E-state index is -4.51. The zero-order valence-corrected chi connectivity index (χ0v) is 35.2. The normalized spacial score (nSPS) is 19.6. The highest BCUT2D eigenvalue weighted by Crippen LogP contribution is 2.33. The van der Waals surface area contributed by atoms with E-state index in [1.165, 1.54) is 7.05 Å². The molecule has 12 nitrogen and oxygen atoms in total. The van der Waals surface area contributed by atoms with Crippen molar-refractivity contribution in [2.75, 3.05) is 76.1 Å². The van der Waals surface area contributed by atoms with Gasteiger partial charge < -0.3 is 50.2 Å². The van der Waals surface area contributed by atoms with E-state index < -0.39 is 37.0 Å². The molecule has 0 radical (unpaired) electrons. The van der Waals surface area contributed by atoms with Gasteiger partial charge in [0.1, 0.15) is 30.3 Å². The molecule has 1 fully saturated rings. The third kappa shape index (κ3) is 11.2. The van der Waals surface area contributed by atoms with E-state index >= 15 is 0 Å². The number of fused-ring (bicyclic) bond motifs is 2. The molecule has 1 aromatic heterocycles. The number of likely N-dealkylation sites (tertiary alicyclic amines) is 1. The van der Waals surface area contributed by atoms with Crippen LogP contribution < -0.4 is 35.6 Å². The van der Waals surface area contributed by atoms with Gasteiger partial charge in [-0.15, -0.1) is 0 Å². The van der Waals surface area contributed by atoms with Gasteiger partial charge in [-0.1, -0.05) is 31.9 Å². The molecule has 4 aromatic rings. The fourth-order valence-electron chi connectivity index (χ4n) is 7.98. The Morgan fingerprint density at radius 2 is 1.84 bits per heavy atom. The van der Waals surface area contributed by atoms with Gasteiger partial charge in [-0.2, -0.15) is 13.2 Å². The Morgan fingerprint density at radius 3 is 2.56 bits per heavy atom. The van der Waals surface area contributed by atoms with Crippen molar-refractivity contribution in [3.8, 4) is 23.3 Å². The zero-order chi connectivity index (χ0) is 43.8. The standard InChI is InChI=1S/C45H55F4N7O5/c1-28(2)42-44(59)52-31(26-57)21-29-12-14-33(24-40(29)55(42)5)60-19-8-20-61-41-22-30(43(58)50-3)13-15-38(41)51-17-7-9-32-23-34-36(53-37-16-18-54(4)25-35(37)46)10-6-11-39(34)56(32)27-45(47,48)49/h6,10-15,22-24,28,31,35,37,42,51,53,57H,8,16-21,25-27H2,1-5H3,(H,50,58)(H,52,59)/t31-,35-,37+,42-/m0/s1. The van der Waals surface area contributed by atoms with Crippen LogP contribution in [0.1, 0.15) is 48.3 Å². The summed E-state index contributed by atoms with van der Waals surface area (Å²) in [6, 6.07) is 15.9. The Kier molecular flexibility index (Phi) is 14.6. The van der Waals surface area contributed by atoms with Crippen molar-refractivity contribution < 1.29 is 41.7 Å². The maximum Gasteiger partial charge on any atom is 0.406 e. The Balaban J connectivity index is 1.13. The number of aliphatic hydroxyl groups is 1. The molecule has 61 heavy (non-hydrogen) atoms. The Bertz CT molecular complexity index is 2240. The maximum absolute atomic E-state index is 14.9. The molecule has 328 valence electrons. The number of nitrogens with zero attached hydrogens (tertiary/aromatic N) is 3. The number of ether oxygens (including phenoxy) is 2. The number of hydrogen-bond acceptors (Lipinski definition) is 9. The number of halogens is 4. The van der Waals surface area contributed by atoms with Crippen LogP contribution in [0, 0.1) is 17.8 Å². The van der Waals surface area contributed by atoms with Crippen molar-refractivity contribution in [1.29, 1.82) is 0 Å². The first-order valence-electron chi connectivity index (χ1n) is 20.5. The van der Waals surface area contributed by atoms with Gasteiger partial charge in [-0.25, -0.2) is 4.39 Å². The third-order valence-electron chi connectivity index (χ3n) is 11.0. The molecule has 5 N–H and O–H groups in total. The van der Waals surface area contributed by atoms with Crippen molar-refractivity contribution in [3.63, 3.8) is 0 Å². The lowest BCUT2D eigenvalue weighted by atomic mass is 9.95. The number of nitrogens with one attached hydrogen (secondary N) is 4. The first kappa shape index (κ1) is 44.9. The van der Waals surface area contributed by atoms with Crippen LogP contribution in [0.4, 0.5) is 34.6 Å². The van der Waals surface area contributed by atoms with E-state index in [0.29, 0.717) is 71.8 Å². The van der Waals surface area contributed by atoms with Crippen molar-refractivity contribution in [2.45, 2.75) is 70.1 Å². The fourth-order valence-corrected chi connectivity index (χ4v) is 7.98. The lowest BCUT2D eigenvalue weighted by Crippen LogP contribution is -2.54. The highest BCUT2D eigenvalue weighted by atomic mass is 19.4. The van der Waals surface area contributed by atoms with E-state index in [-0.39, 0.29) is 49.7 Å². The number of benzene rings is 3. The number of aliphatic hydroxyl groups excluding tert-OH is 1. The number of alkyl halides is 4. The van der Waals surface area contributed by atoms with Gasteiger partial charge in [0.05, 0.1) is 55.3 Å². The second-order valence-corrected chi connectivity index (χ2v) is 16.0. The molecule has 0 saturated carbocycles. The Hall–Kier alpha value is -5.66. The quantitative estimate of drug-likeness (QED) is 0.0606. The van der Waals surface area contributed by atoms with Gasteiger partial charge in [-0.3, -0.25) is 9.59 Å². The fraction of sp³-hybridized carbons (Fsp3) is 0.467. The molecule has 4 atom stereocenters. The van der Waals surface area contributed by atoms with Crippen LogP contribution in [0.2, 0.25) is 0 Å². The number of carbonyl (C=O) groups excluding carboxylic acids is 2. The number of anilines is 3. The molecular weight excluding hydrogens is 795 g/mol. The lowest BCUT2D eigenvalue weighted by molar-refractivity contribution is -0.140. The maximum atomic E-state index is 14.9. The topological polar surface area (TPSA) is 132 Å². The average Bonchev–Trinajstić information content (AvgIpc) is 3.55. The van der Waals surface area contributed by atoms with E-state index in [4.69, 9.17) is 9.47 Å². The summed E-state index contributed by atoms with van der Waals surface area (Å²) in [6.45, 7) is 4.09. The summed E-state index contributed by atoms with van der Waals surface area (Å²) in [7, 11) is 5.26. The lowest BCUT2D eigenvalue weighted by Gasteiger charge is -2.37. The van der Waals surface area contributed by atoms with Crippen LogP contribution in [0.5, 0.6) is 11.5 Å². The SMILES string of the molecule is CNC(=O)c1ccc(NCC#Cc2cc3c(N[C@@H]4CCN(C)C[C@@H]4F)cccc3n2CC(F)(F)F)c(OCCCOc2ccc3c(c2)N(C)[C@@H](C(C)C)C(=O)N[C@H](CO)C3)c1. The summed E-state index contributed by atoms with van der Waals surface area (Å²) in [5, 5.41) is 22.4. The summed E-state index contributed by atoms with van der Waals surface area (Å²) < 4.78 is 69.8. The zero-order valence-electron chi connectivity index (χ0n) is 35.2. The smallest absolute Gasteiger partial charge is 0.406 e. The molecule has 1 saturated heterocycles. The molecule has 0 aliphatic carbocycles. The van der Waals surface area contributed by atoms with Crippen molar-refractivity contribution in [3.05, 3.63) is 77.5 Å². The van der Waals surface area contributed by atoms with Gasteiger partial charge in [-0.05, 0) is 79.8 Å². The molecule has 16 heteroatoms. The Labute approximate surface area is 353 Å². The largest absolute Gasteiger partial charge is 0.493 e. The highest BCUT2D eigenvalue weighted by Gasteiger charge is 2.33. The molecule has 0 bridgehead atoms. The van der Waals surface area contributed by atoms with Gasteiger partial charge in [0.2, 0.25) is 5.91 Å². The molecule has 0 unspecified atom stereocenters. The predicted octanol–water partition coefficient (Wildman–Crippen LogP) is 5.82. The third-order valence-corrected chi connectivity index (χ3v) is 11.0. The van der Waals surface area contributed by atoms with Gasteiger partial charge in [0.15, 0.2) is 0 Å². The second-order valence-electron chi connectivity index (χ2n) is 16.0. The van der Waals surface area contributed by atoms with Gasteiger partial charge >= 0.3 is 6.18 Å². The molecule has 2 aliphatic rings. The number of hydrogen-bond donors (Lipinski definition) is 5. The van der Waals surface area contributed by atoms with Crippen molar-refractivity contribution >= 4 is 39.8 Å². The number of carbonyl (C=O) groups is 2. The van der Waals surface area contributed by atoms with Gasteiger partial charge in [0.25, 0.3) is 5.91 Å². The van der Waals surface area contributed by atoms with E-state index in [0.717, 1.165) is 15.8 Å². The van der Waals surface area contributed by atoms with Crippen LogP contribution in [0.3, 0.4) is 0 Å². The molecule has 2 amide bonds. The number of aromatic nitrogens is 1. The molecular formula is C45H55F4N7O5. The molecule has 2 aliphatic heterocycles. The molecule has 0 spiro atoms. The van der Waals surface area contributed by atoms with Gasteiger partial charge in [0, 0.05) is 62.0 Å². The second kappa shape index (κ2) is 19.8. The van der Waals surface area contributed by atoms with Crippen LogP contribution in [-0.2, 0) is 17.8 Å². The van der Waals surface area contributed by atoms with Crippen molar-refractivity contribution in [2.24, 2.45) is 5.92 Å². The average molecular weight is 850 g/mol. The van der Waals surface area contributed by atoms with E-state index in [2.05, 4.69) is 33.1 Å². The number of amides is 2. The molecule has 3 heterocycles. The van der Waals surface area contributed by atoms with E-state index in [1.54, 1.807) is 42.5 Å². The van der Waals surface area contributed by atoms with Crippen LogP contribution in [0.25, 0.3) is 10.9 Å². The number of rotatable bonds is 14. The monoisotopic (exact) mass is 849 g/mol. The minimum absolute atomic E-state index is 0.0141. The van der Waals surface area contributed by atoms with Crippen molar-refractivity contribution in [1.82, 2.24) is 20.1 Å². The summed E-state index contributed by atoms with van der Waals surface area (Å²) in [5.74, 6) is 6.41. The highest BCUT2D eigenvalue weighted by molar-refractivity contribution is 5.95. The predicted molar refractivity (Wildman–Crippen MR) is 229 cm³/mol. The molecule has 3 aromatic carbocycles. The summed E-state index contributed by atoms with van der Waals surface area (Å²) in [5.41, 5.74) is 3.77. The number of piperidine rings is 1. The number of likely N-dealkylation sites (N-methyl/N-ethyl adjacent to an activating group) is 1.